The van der Waals surface area contributed by atoms with Gasteiger partial charge in [-0.25, -0.2) is 4.79 Å². The number of thiophene rings is 1. The summed E-state index contributed by atoms with van der Waals surface area (Å²) < 4.78 is 3.56. The summed E-state index contributed by atoms with van der Waals surface area (Å²) in [7, 11) is 0. The molecule has 0 bridgehead atoms. The van der Waals surface area contributed by atoms with Crippen molar-refractivity contribution in [2.24, 2.45) is 0 Å². The Morgan fingerprint density at radius 3 is 2.67 bits per heavy atom. The van der Waals surface area contributed by atoms with E-state index in [9.17, 15) is 9.59 Å². The molecule has 0 aliphatic rings. The maximum Gasteiger partial charge on any atom is 0.331 e. The van der Waals surface area contributed by atoms with Crippen molar-refractivity contribution in [3.05, 3.63) is 47.8 Å². The molecule has 0 aliphatic carbocycles. The normalized spacial score (nSPS) is 10.8. The Labute approximate surface area is 116 Å². The maximum atomic E-state index is 12.0. The van der Waals surface area contributed by atoms with Crippen LogP contribution in [0.25, 0.3) is 0 Å². The van der Waals surface area contributed by atoms with E-state index in [4.69, 9.17) is 5.73 Å². The zero-order valence-electron chi connectivity index (χ0n) is 9.72. The Morgan fingerprint density at radius 2 is 2.11 bits per heavy atom. The van der Waals surface area contributed by atoms with Gasteiger partial charge in [-0.2, -0.15) is 0 Å². The van der Waals surface area contributed by atoms with Crippen LogP contribution in [-0.2, 0) is 13.1 Å². The second-order valence-electron chi connectivity index (χ2n) is 3.75. The fourth-order valence-electron chi connectivity index (χ4n) is 1.63. The topological polar surface area (TPSA) is 70.0 Å². The third-order valence-electron chi connectivity index (χ3n) is 2.55. The summed E-state index contributed by atoms with van der Waals surface area (Å²) in [6.07, 6.45) is 1.39. The minimum atomic E-state index is -0.436. The van der Waals surface area contributed by atoms with Crippen LogP contribution in [0.4, 0.5) is 5.69 Å². The molecule has 0 spiro atoms. The van der Waals surface area contributed by atoms with Crippen LogP contribution in [0.2, 0.25) is 0 Å². The van der Waals surface area contributed by atoms with Gasteiger partial charge in [-0.3, -0.25) is 13.9 Å². The predicted octanol–water partition coefficient (Wildman–Crippen LogP) is 1.48. The van der Waals surface area contributed by atoms with Crippen LogP contribution in [0.1, 0.15) is 11.8 Å². The van der Waals surface area contributed by atoms with Crippen molar-refractivity contribution in [3.63, 3.8) is 0 Å². The summed E-state index contributed by atoms with van der Waals surface area (Å²) >= 11 is 4.84. The summed E-state index contributed by atoms with van der Waals surface area (Å²) in [5.41, 5.74) is 4.95. The van der Waals surface area contributed by atoms with Crippen LogP contribution >= 0.6 is 27.3 Å². The van der Waals surface area contributed by atoms with Gasteiger partial charge in [-0.1, -0.05) is 0 Å². The van der Waals surface area contributed by atoms with Crippen molar-refractivity contribution in [2.75, 3.05) is 5.73 Å². The van der Waals surface area contributed by atoms with Gasteiger partial charge in [-0.15, -0.1) is 11.3 Å². The summed E-state index contributed by atoms with van der Waals surface area (Å²) in [6, 6.07) is 3.76. The second kappa shape index (κ2) is 5.11. The van der Waals surface area contributed by atoms with E-state index in [1.165, 1.54) is 22.1 Å². The molecule has 0 aromatic carbocycles. The number of hydrogen-bond donors (Lipinski definition) is 1. The van der Waals surface area contributed by atoms with Crippen LogP contribution in [0.5, 0.6) is 0 Å². The molecule has 0 radical (unpaired) electrons. The van der Waals surface area contributed by atoms with E-state index in [-0.39, 0.29) is 17.9 Å². The van der Waals surface area contributed by atoms with Gasteiger partial charge in [0.25, 0.3) is 5.56 Å². The Morgan fingerprint density at radius 1 is 1.39 bits per heavy atom. The number of aryl methyl sites for hydroxylation is 1. The van der Waals surface area contributed by atoms with Crippen molar-refractivity contribution in [1.29, 1.82) is 0 Å². The summed E-state index contributed by atoms with van der Waals surface area (Å²) in [4.78, 5) is 24.9. The van der Waals surface area contributed by atoms with Crippen molar-refractivity contribution in [2.45, 2.75) is 20.0 Å². The van der Waals surface area contributed by atoms with Gasteiger partial charge < -0.3 is 5.73 Å². The van der Waals surface area contributed by atoms with Gasteiger partial charge in [0.1, 0.15) is 5.69 Å². The Kier molecular flexibility index (Phi) is 3.72. The minimum Gasteiger partial charge on any atom is -0.393 e. The monoisotopic (exact) mass is 329 g/mol. The Balaban J connectivity index is 2.53. The van der Waals surface area contributed by atoms with E-state index in [1.54, 1.807) is 0 Å². The Bertz CT molecular complexity index is 686. The highest BCUT2D eigenvalue weighted by molar-refractivity contribution is 9.11. The quantitative estimate of drug-likeness (QED) is 0.927. The molecule has 0 unspecified atom stereocenters. The van der Waals surface area contributed by atoms with Crippen molar-refractivity contribution in [3.8, 4) is 0 Å². The van der Waals surface area contributed by atoms with Gasteiger partial charge in [0.05, 0.1) is 10.3 Å². The molecule has 0 amide bonds. The number of aromatic nitrogens is 2. The van der Waals surface area contributed by atoms with E-state index in [1.807, 2.05) is 19.1 Å². The number of nitrogens with two attached hydrogens (primary N) is 1. The fourth-order valence-corrected chi connectivity index (χ4v) is 3.11. The molecule has 7 heteroatoms. The summed E-state index contributed by atoms with van der Waals surface area (Å²) in [5.74, 6) is 0. The second-order valence-corrected chi connectivity index (χ2v) is 6.30. The summed E-state index contributed by atoms with van der Waals surface area (Å²) in [6.45, 7) is 2.56. The zero-order valence-corrected chi connectivity index (χ0v) is 12.1. The molecular formula is C11H12BrN3O2S. The SMILES string of the molecule is CCn1cc(N)c(=O)n(Cc2ccc(Br)s2)c1=O. The van der Waals surface area contributed by atoms with Crippen LogP contribution in [0.3, 0.4) is 0 Å². The molecule has 2 N–H and O–H groups in total. The van der Waals surface area contributed by atoms with E-state index in [0.717, 1.165) is 13.2 Å². The molecule has 0 aliphatic heterocycles. The molecule has 0 fully saturated rings. The van der Waals surface area contributed by atoms with Gasteiger partial charge in [0.15, 0.2) is 0 Å². The summed E-state index contributed by atoms with van der Waals surface area (Å²) in [5, 5.41) is 0. The van der Waals surface area contributed by atoms with E-state index < -0.39 is 5.56 Å². The van der Waals surface area contributed by atoms with Crippen LogP contribution in [-0.4, -0.2) is 9.13 Å². The highest BCUT2D eigenvalue weighted by atomic mass is 79.9. The third-order valence-corrected chi connectivity index (χ3v) is 4.16. The van der Waals surface area contributed by atoms with E-state index in [0.29, 0.717) is 6.54 Å². The van der Waals surface area contributed by atoms with Crippen molar-refractivity contribution >= 4 is 33.0 Å². The first-order chi connectivity index (χ1) is 8.52. The average Bonchev–Trinajstić information content (AvgIpc) is 2.75. The Hall–Kier alpha value is -1.34. The lowest BCUT2D eigenvalue weighted by Crippen LogP contribution is -2.40. The molecular weight excluding hydrogens is 318 g/mol. The highest BCUT2D eigenvalue weighted by Crippen LogP contribution is 2.22. The molecule has 2 heterocycles. The smallest absolute Gasteiger partial charge is 0.331 e. The largest absolute Gasteiger partial charge is 0.393 e. The maximum absolute atomic E-state index is 12.0. The first-order valence-corrected chi connectivity index (χ1v) is 6.98. The number of halogens is 1. The third kappa shape index (κ3) is 2.41. The first-order valence-electron chi connectivity index (χ1n) is 5.37. The molecule has 96 valence electrons. The molecule has 2 rings (SSSR count). The lowest BCUT2D eigenvalue weighted by atomic mass is 10.4. The lowest BCUT2D eigenvalue weighted by molar-refractivity contribution is 0.606. The fraction of sp³-hybridized carbons (Fsp3) is 0.273. The number of nitrogen functional groups attached to an aromatic ring is 1. The van der Waals surface area contributed by atoms with E-state index >= 15 is 0 Å². The minimum absolute atomic E-state index is 0.0899. The lowest BCUT2D eigenvalue weighted by Gasteiger charge is -2.08. The van der Waals surface area contributed by atoms with Gasteiger partial charge >= 0.3 is 5.69 Å². The van der Waals surface area contributed by atoms with Crippen molar-refractivity contribution in [1.82, 2.24) is 9.13 Å². The average molecular weight is 330 g/mol. The van der Waals surface area contributed by atoms with Crippen LogP contribution in [0.15, 0.2) is 31.7 Å². The molecule has 0 atom stereocenters. The first kappa shape index (κ1) is 13.1. The van der Waals surface area contributed by atoms with Gasteiger partial charge in [0.2, 0.25) is 0 Å². The zero-order chi connectivity index (χ0) is 13.3. The predicted molar refractivity (Wildman–Crippen MR) is 76.2 cm³/mol. The van der Waals surface area contributed by atoms with Gasteiger partial charge in [0, 0.05) is 17.6 Å². The molecule has 18 heavy (non-hydrogen) atoms. The van der Waals surface area contributed by atoms with Crippen LogP contribution < -0.4 is 17.0 Å². The number of nitrogens with zero attached hydrogens (tertiary/aromatic N) is 2. The molecule has 0 saturated carbocycles. The number of rotatable bonds is 3. The molecule has 0 saturated heterocycles. The standard InChI is InChI=1S/C11H12BrN3O2S/c1-2-14-6-8(13)10(16)15(11(14)17)5-7-3-4-9(12)18-7/h3-4,6H,2,5,13H2,1H3. The van der Waals surface area contributed by atoms with Crippen LogP contribution in [0, 0.1) is 0 Å². The van der Waals surface area contributed by atoms with Gasteiger partial charge in [-0.05, 0) is 35.0 Å². The molecule has 2 aromatic heterocycles. The molecule has 2 aromatic rings. The highest BCUT2D eigenvalue weighted by Gasteiger charge is 2.10. The van der Waals surface area contributed by atoms with E-state index in [2.05, 4.69) is 15.9 Å². The number of anilines is 1. The number of hydrogen-bond acceptors (Lipinski definition) is 4. The molecule has 5 nitrogen and oxygen atoms in total. The van der Waals surface area contributed by atoms with Crippen molar-refractivity contribution < 1.29 is 0 Å².